The third-order valence-corrected chi connectivity index (χ3v) is 3.50. The highest BCUT2D eigenvalue weighted by atomic mass is 19.1. The quantitative estimate of drug-likeness (QED) is 0.799. The van der Waals surface area contributed by atoms with Crippen molar-refractivity contribution < 1.29 is 13.7 Å². The molecule has 3 rings (SSSR count). The SMILES string of the molecule is Cc1onc(-c2ccc(F)cc2)c1C(=O)NCc1ccccc1. The maximum Gasteiger partial charge on any atom is 0.257 e. The van der Waals surface area contributed by atoms with Gasteiger partial charge >= 0.3 is 0 Å². The second kappa shape index (κ2) is 6.44. The summed E-state index contributed by atoms with van der Waals surface area (Å²) in [6.45, 7) is 2.09. The second-order valence-corrected chi connectivity index (χ2v) is 5.14. The van der Waals surface area contributed by atoms with E-state index >= 15 is 0 Å². The zero-order valence-corrected chi connectivity index (χ0v) is 12.5. The van der Waals surface area contributed by atoms with Gasteiger partial charge in [-0.2, -0.15) is 0 Å². The topological polar surface area (TPSA) is 55.1 Å². The van der Waals surface area contributed by atoms with Gasteiger partial charge in [-0.15, -0.1) is 0 Å². The fourth-order valence-electron chi connectivity index (χ4n) is 2.31. The molecule has 1 aromatic heterocycles. The number of nitrogens with zero attached hydrogens (tertiary/aromatic N) is 1. The fourth-order valence-corrected chi connectivity index (χ4v) is 2.31. The number of aryl methyl sites for hydroxylation is 1. The average molecular weight is 310 g/mol. The maximum absolute atomic E-state index is 13.1. The van der Waals surface area contributed by atoms with Crippen LogP contribution in [0.1, 0.15) is 21.7 Å². The van der Waals surface area contributed by atoms with Crippen LogP contribution in [0.15, 0.2) is 59.1 Å². The molecule has 0 unspecified atom stereocenters. The zero-order valence-electron chi connectivity index (χ0n) is 12.5. The molecule has 0 aliphatic heterocycles. The molecule has 0 radical (unpaired) electrons. The lowest BCUT2D eigenvalue weighted by molar-refractivity contribution is 0.0950. The summed E-state index contributed by atoms with van der Waals surface area (Å²) in [5.74, 6) is -0.189. The minimum absolute atomic E-state index is 0.271. The van der Waals surface area contributed by atoms with E-state index in [1.165, 1.54) is 12.1 Å². The number of halogens is 1. The van der Waals surface area contributed by atoms with Gasteiger partial charge in [-0.1, -0.05) is 35.5 Å². The molecule has 116 valence electrons. The van der Waals surface area contributed by atoms with Crippen molar-refractivity contribution in [3.05, 3.63) is 77.3 Å². The summed E-state index contributed by atoms with van der Waals surface area (Å²) in [5, 5.41) is 6.78. The summed E-state index contributed by atoms with van der Waals surface area (Å²) in [5.41, 5.74) is 2.41. The van der Waals surface area contributed by atoms with Crippen molar-refractivity contribution in [3.63, 3.8) is 0 Å². The lowest BCUT2D eigenvalue weighted by atomic mass is 10.1. The normalized spacial score (nSPS) is 10.5. The Morgan fingerprint density at radius 2 is 1.83 bits per heavy atom. The number of benzene rings is 2. The van der Waals surface area contributed by atoms with Crippen molar-refractivity contribution in [1.29, 1.82) is 0 Å². The lowest BCUT2D eigenvalue weighted by Gasteiger charge is -2.06. The highest BCUT2D eigenvalue weighted by Crippen LogP contribution is 2.25. The van der Waals surface area contributed by atoms with Gasteiger partial charge in [0, 0.05) is 12.1 Å². The van der Waals surface area contributed by atoms with Crippen LogP contribution in [-0.4, -0.2) is 11.1 Å². The second-order valence-electron chi connectivity index (χ2n) is 5.14. The third kappa shape index (κ3) is 3.29. The van der Waals surface area contributed by atoms with E-state index < -0.39 is 0 Å². The lowest BCUT2D eigenvalue weighted by Crippen LogP contribution is -2.23. The van der Waals surface area contributed by atoms with Crippen LogP contribution in [0.25, 0.3) is 11.3 Å². The maximum atomic E-state index is 13.1. The Hall–Kier alpha value is -2.95. The minimum atomic E-state index is -0.343. The number of nitrogens with one attached hydrogen (secondary N) is 1. The molecule has 0 fully saturated rings. The first kappa shape index (κ1) is 15.0. The Bertz CT molecular complexity index is 811. The summed E-state index contributed by atoms with van der Waals surface area (Å²) >= 11 is 0. The number of aromatic nitrogens is 1. The molecule has 4 nitrogen and oxygen atoms in total. The fraction of sp³-hybridized carbons (Fsp3) is 0.111. The van der Waals surface area contributed by atoms with E-state index in [1.54, 1.807) is 19.1 Å². The van der Waals surface area contributed by atoms with E-state index in [2.05, 4.69) is 10.5 Å². The van der Waals surface area contributed by atoms with Crippen LogP contribution >= 0.6 is 0 Å². The largest absolute Gasteiger partial charge is 0.360 e. The third-order valence-electron chi connectivity index (χ3n) is 3.50. The zero-order chi connectivity index (χ0) is 16.2. The van der Waals surface area contributed by atoms with Gasteiger partial charge in [0.2, 0.25) is 0 Å². The van der Waals surface area contributed by atoms with E-state index in [1.807, 2.05) is 30.3 Å². The Balaban J connectivity index is 1.83. The Kier molecular flexibility index (Phi) is 4.19. The van der Waals surface area contributed by atoms with Gasteiger partial charge in [0.15, 0.2) is 0 Å². The standard InChI is InChI=1S/C18H15FN2O2/c1-12-16(18(22)20-11-13-5-3-2-4-6-13)17(21-23-12)14-7-9-15(19)10-8-14/h2-10H,11H2,1H3,(H,20,22). The van der Waals surface area contributed by atoms with Crippen LogP contribution < -0.4 is 5.32 Å². The van der Waals surface area contributed by atoms with Crippen molar-refractivity contribution in [2.24, 2.45) is 0 Å². The highest BCUT2D eigenvalue weighted by molar-refractivity contribution is 6.00. The van der Waals surface area contributed by atoms with Crippen LogP contribution in [0.5, 0.6) is 0 Å². The minimum Gasteiger partial charge on any atom is -0.360 e. The Morgan fingerprint density at radius 1 is 1.13 bits per heavy atom. The summed E-state index contributed by atoms with van der Waals surface area (Å²) in [6.07, 6.45) is 0. The van der Waals surface area contributed by atoms with Crippen LogP contribution in [-0.2, 0) is 6.54 Å². The van der Waals surface area contributed by atoms with Gasteiger partial charge in [-0.05, 0) is 36.8 Å². The van der Waals surface area contributed by atoms with Gasteiger partial charge < -0.3 is 9.84 Å². The first-order valence-corrected chi connectivity index (χ1v) is 7.19. The van der Waals surface area contributed by atoms with Crippen LogP contribution in [0, 0.1) is 12.7 Å². The monoisotopic (exact) mass is 310 g/mol. The summed E-state index contributed by atoms with van der Waals surface area (Å²) in [7, 11) is 0. The van der Waals surface area contributed by atoms with E-state index in [-0.39, 0.29) is 11.7 Å². The smallest absolute Gasteiger partial charge is 0.257 e. The molecule has 0 aliphatic carbocycles. The van der Waals surface area contributed by atoms with E-state index in [0.717, 1.165) is 5.56 Å². The highest BCUT2D eigenvalue weighted by Gasteiger charge is 2.21. The molecule has 0 aliphatic rings. The van der Waals surface area contributed by atoms with Crippen LogP contribution in [0.2, 0.25) is 0 Å². The summed E-state index contributed by atoms with van der Waals surface area (Å²) < 4.78 is 18.2. The molecule has 1 N–H and O–H groups in total. The van der Waals surface area contributed by atoms with Crippen molar-refractivity contribution in [3.8, 4) is 11.3 Å². The Morgan fingerprint density at radius 3 is 2.52 bits per heavy atom. The molecular formula is C18H15FN2O2. The average Bonchev–Trinajstić information content (AvgIpc) is 2.96. The van der Waals surface area contributed by atoms with Gasteiger partial charge in [0.05, 0.1) is 0 Å². The van der Waals surface area contributed by atoms with Gasteiger partial charge in [-0.3, -0.25) is 4.79 Å². The molecule has 1 amide bonds. The van der Waals surface area contributed by atoms with Gasteiger partial charge in [0.25, 0.3) is 5.91 Å². The molecule has 0 saturated heterocycles. The van der Waals surface area contributed by atoms with E-state index in [4.69, 9.17) is 4.52 Å². The molecule has 1 heterocycles. The molecular weight excluding hydrogens is 295 g/mol. The first-order chi connectivity index (χ1) is 11.1. The molecule has 5 heteroatoms. The predicted octanol–water partition coefficient (Wildman–Crippen LogP) is 3.72. The van der Waals surface area contributed by atoms with Gasteiger partial charge in [-0.25, -0.2) is 4.39 Å². The van der Waals surface area contributed by atoms with E-state index in [9.17, 15) is 9.18 Å². The van der Waals surface area contributed by atoms with Crippen molar-refractivity contribution in [2.75, 3.05) is 0 Å². The number of amides is 1. The predicted molar refractivity (Wildman–Crippen MR) is 84.2 cm³/mol. The van der Waals surface area contributed by atoms with E-state index in [0.29, 0.717) is 29.1 Å². The van der Waals surface area contributed by atoms with Crippen molar-refractivity contribution >= 4 is 5.91 Å². The first-order valence-electron chi connectivity index (χ1n) is 7.19. The molecule has 2 aromatic carbocycles. The molecule has 0 bridgehead atoms. The molecule has 3 aromatic rings. The summed E-state index contributed by atoms with van der Waals surface area (Å²) in [6, 6.07) is 15.4. The number of hydrogen-bond acceptors (Lipinski definition) is 3. The summed E-state index contributed by atoms with van der Waals surface area (Å²) in [4.78, 5) is 12.5. The van der Waals surface area contributed by atoms with Crippen molar-refractivity contribution in [1.82, 2.24) is 10.5 Å². The number of carbonyl (C=O) groups is 1. The number of hydrogen-bond donors (Lipinski definition) is 1. The molecule has 0 spiro atoms. The molecule has 0 atom stereocenters. The van der Waals surface area contributed by atoms with Crippen molar-refractivity contribution in [2.45, 2.75) is 13.5 Å². The number of carbonyl (C=O) groups excluding carboxylic acids is 1. The van der Waals surface area contributed by atoms with Crippen LogP contribution in [0.3, 0.4) is 0 Å². The Labute approximate surface area is 132 Å². The van der Waals surface area contributed by atoms with Gasteiger partial charge in [0.1, 0.15) is 22.8 Å². The number of rotatable bonds is 4. The molecule has 0 saturated carbocycles. The molecule has 23 heavy (non-hydrogen) atoms. The van der Waals surface area contributed by atoms with Crippen LogP contribution in [0.4, 0.5) is 4.39 Å².